The van der Waals surface area contributed by atoms with E-state index < -0.39 is 11.9 Å². The molecular weight excluding hydrogens is 279 g/mol. The molecule has 1 N–H and O–H groups in total. The minimum Gasteiger partial charge on any atom is -0.491 e. The van der Waals surface area contributed by atoms with E-state index in [4.69, 9.17) is 18.9 Å². The molecule has 0 aliphatic carbocycles. The first-order valence-corrected chi connectivity index (χ1v) is 6.90. The Morgan fingerprint density at radius 2 is 1.67 bits per heavy atom. The molecule has 0 aliphatic rings. The predicted octanol–water partition coefficient (Wildman–Crippen LogP) is 1.94. The molecule has 0 bridgehead atoms. The van der Waals surface area contributed by atoms with Gasteiger partial charge in [0.15, 0.2) is 0 Å². The van der Waals surface area contributed by atoms with Gasteiger partial charge < -0.3 is 24.1 Å². The number of aliphatic hydroxyl groups is 1. The number of benzene rings is 1. The molecule has 0 aromatic heterocycles. The summed E-state index contributed by atoms with van der Waals surface area (Å²) in [6.07, 6.45) is -0.712. The third-order valence-electron chi connectivity index (χ3n) is 2.71. The maximum Gasteiger partial charge on any atom is 0.128 e. The van der Waals surface area contributed by atoms with E-state index in [-0.39, 0.29) is 6.61 Å². The number of hydrogen-bond acceptors (Lipinski definition) is 5. The monoisotopic (exact) mass is 302 g/mol. The second kappa shape index (κ2) is 10.5. The average molecular weight is 302 g/mol. The van der Waals surface area contributed by atoms with Crippen LogP contribution in [-0.2, 0) is 14.2 Å². The average Bonchev–Trinajstić information content (AvgIpc) is 2.45. The lowest BCUT2D eigenvalue weighted by Gasteiger charge is -2.13. The second-order valence-corrected chi connectivity index (χ2v) is 4.42. The molecule has 0 saturated heterocycles. The Bertz CT molecular complexity index is 398. The van der Waals surface area contributed by atoms with Gasteiger partial charge in [-0.15, -0.1) is 0 Å². The van der Waals surface area contributed by atoms with Crippen LogP contribution in [0.15, 0.2) is 18.2 Å². The van der Waals surface area contributed by atoms with Gasteiger partial charge in [0, 0.05) is 18.7 Å². The summed E-state index contributed by atoms with van der Waals surface area (Å²) < 4.78 is 34.0. The molecule has 0 amide bonds. The lowest BCUT2D eigenvalue weighted by atomic mass is 10.1. The lowest BCUT2D eigenvalue weighted by molar-refractivity contribution is 0.0177. The molecule has 0 saturated carbocycles. The summed E-state index contributed by atoms with van der Waals surface area (Å²) in [5.74, 6) is -0.0631. The summed E-state index contributed by atoms with van der Waals surface area (Å²) in [6.45, 7) is 4.29. The molecule has 0 fully saturated rings. The summed E-state index contributed by atoms with van der Waals surface area (Å²) in [7, 11) is 1.62. The van der Waals surface area contributed by atoms with Gasteiger partial charge in [-0.05, 0) is 19.1 Å². The van der Waals surface area contributed by atoms with Gasteiger partial charge in [0.05, 0.1) is 39.1 Å². The normalized spacial score (nSPS) is 12.4. The Balaban J connectivity index is 2.19. The van der Waals surface area contributed by atoms with E-state index in [1.165, 1.54) is 18.2 Å². The zero-order chi connectivity index (χ0) is 15.5. The highest BCUT2D eigenvalue weighted by Gasteiger charge is 2.10. The van der Waals surface area contributed by atoms with E-state index >= 15 is 0 Å². The molecule has 1 rings (SSSR count). The quantitative estimate of drug-likeness (QED) is 0.633. The van der Waals surface area contributed by atoms with Crippen molar-refractivity contribution in [2.45, 2.75) is 13.0 Å². The zero-order valence-corrected chi connectivity index (χ0v) is 12.5. The van der Waals surface area contributed by atoms with Gasteiger partial charge in [0.25, 0.3) is 0 Å². The van der Waals surface area contributed by atoms with Crippen LogP contribution in [0.4, 0.5) is 4.39 Å². The lowest BCUT2D eigenvalue weighted by Crippen LogP contribution is -2.13. The van der Waals surface area contributed by atoms with Crippen LogP contribution >= 0.6 is 0 Å². The first kappa shape index (κ1) is 17.8. The molecule has 6 heteroatoms. The van der Waals surface area contributed by atoms with Crippen molar-refractivity contribution in [3.8, 4) is 5.75 Å². The van der Waals surface area contributed by atoms with Gasteiger partial charge in [-0.1, -0.05) is 0 Å². The van der Waals surface area contributed by atoms with Gasteiger partial charge in [-0.3, -0.25) is 0 Å². The van der Waals surface area contributed by atoms with E-state index in [0.717, 1.165) is 0 Å². The van der Waals surface area contributed by atoms with Crippen LogP contribution in [0.3, 0.4) is 0 Å². The summed E-state index contributed by atoms with van der Waals surface area (Å²) >= 11 is 0. The van der Waals surface area contributed by atoms with Crippen molar-refractivity contribution in [2.24, 2.45) is 0 Å². The van der Waals surface area contributed by atoms with Crippen molar-refractivity contribution in [3.05, 3.63) is 29.6 Å². The topological polar surface area (TPSA) is 57.2 Å². The summed E-state index contributed by atoms with van der Waals surface area (Å²) in [4.78, 5) is 0. The van der Waals surface area contributed by atoms with Gasteiger partial charge >= 0.3 is 0 Å². The number of aliphatic hydroxyl groups excluding tert-OH is 1. The van der Waals surface area contributed by atoms with Crippen LogP contribution in [0, 0.1) is 5.82 Å². The van der Waals surface area contributed by atoms with E-state index in [1.807, 2.05) is 0 Å². The maximum absolute atomic E-state index is 13.2. The first-order valence-electron chi connectivity index (χ1n) is 6.90. The SMILES string of the molecule is COCCOCCOCCOc1cc(F)ccc1[C@H](C)O. The molecule has 0 radical (unpaired) electrons. The minimum atomic E-state index is -0.712. The molecule has 0 aliphatic heterocycles. The molecule has 21 heavy (non-hydrogen) atoms. The summed E-state index contributed by atoms with van der Waals surface area (Å²) in [5, 5.41) is 9.58. The Kier molecular flexibility index (Phi) is 8.93. The fourth-order valence-corrected chi connectivity index (χ4v) is 1.65. The number of methoxy groups -OCH3 is 1. The standard InChI is InChI=1S/C15H23FO5/c1-12(17)14-4-3-13(16)11-15(14)21-10-9-20-8-7-19-6-5-18-2/h3-4,11-12,17H,5-10H2,1-2H3/t12-/m0/s1. The van der Waals surface area contributed by atoms with Crippen LogP contribution < -0.4 is 4.74 Å². The van der Waals surface area contributed by atoms with Crippen LogP contribution in [-0.4, -0.2) is 51.9 Å². The van der Waals surface area contributed by atoms with Crippen LogP contribution in [0.25, 0.3) is 0 Å². The van der Waals surface area contributed by atoms with Crippen molar-refractivity contribution >= 4 is 0 Å². The highest BCUT2D eigenvalue weighted by molar-refractivity contribution is 5.35. The molecule has 0 unspecified atom stereocenters. The Hall–Kier alpha value is -1.21. The molecule has 5 nitrogen and oxygen atoms in total. The van der Waals surface area contributed by atoms with Crippen LogP contribution in [0.1, 0.15) is 18.6 Å². The van der Waals surface area contributed by atoms with E-state index in [2.05, 4.69) is 0 Å². The summed E-state index contributed by atoms with van der Waals surface area (Å²) in [5.41, 5.74) is 0.555. The van der Waals surface area contributed by atoms with Crippen LogP contribution in [0.2, 0.25) is 0 Å². The smallest absolute Gasteiger partial charge is 0.128 e. The minimum absolute atomic E-state index is 0.279. The van der Waals surface area contributed by atoms with Gasteiger partial charge in [0.1, 0.15) is 18.2 Å². The molecule has 1 atom stereocenters. The Labute approximate surface area is 124 Å². The van der Waals surface area contributed by atoms with Crippen LogP contribution in [0.5, 0.6) is 5.75 Å². The van der Waals surface area contributed by atoms with Crippen molar-refractivity contribution in [1.29, 1.82) is 0 Å². The van der Waals surface area contributed by atoms with Crippen molar-refractivity contribution in [3.63, 3.8) is 0 Å². The molecule has 1 aromatic rings. The number of hydrogen-bond donors (Lipinski definition) is 1. The highest BCUT2D eigenvalue weighted by Crippen LogP contribution is 2.25. The van der Waals surface area contributed by atoms with E-state index in [0.29, 0.717) is 44.3 Å². The van der Waals surface area contributed by atoms with E-state index in [1.54, 1.807) is 14.0 Å². The zero-order valence-electron chi connectivity index (χ0n) is 12.5. The predicted molar refractivity (Wildman–Crippen MR) is 76.0 cm³/mol. The molecule has 0 heterocycles. The van der Waals surface area contributed by atoms with Gasteiger partial charge in [-0.25, -0.2) is 4.39 Å². The maximum atomic E-state index is 13.2. The number of rotatable bonds is 11. The van der Waals surface area contributed by atoms with E-state index in [9.17, 15) is 9.50 Å². The van der Waals surface area contributed by atoms with Crippen molar-refractivity contribution < 1.29 is 28.4 Å². The molecular formula is C15H23FO5. The second-order valence-electron chi connectivity index (χ2n) is 4.42. The fraction of sp³-hybridized carbons (Fsp3) is 0.600. The summed E-state index contributed by atoms with van der Waals surface area (Å²) in [6, 6.07) is 4.07. The molecule has 1 aromatic carbocycles. The highest BCUT2D eigenvalue weighted by atomic mass is 19.1. The van der Waals surface area contributed by atoms with Gasteiger partial charge in [-0.2, -0.15) is 0 Å². The fourth-order valence-electron chi connectivity index (χ4n) is 1.65. The number of halogens is 1. The largest absolute Gasteiger partial charge is 0.491 e. The molecule has 0 spiro atoms. The van der Waals surface area contributed by atoms with Crippen molar-refractivity contribution in [1.82, 2.24) is 0 Å². The molecule has 120 valence electrons. The number of ether oxygens (including phenoxy) is 4. The third kappa shape index (κ3) is 7.38. The first-order chi connectivity index (χ1) is 10.1. The Morgan fingerprint density at radius 3 is 2.29 bits per heavy atom. The third-order valence-corrected chi connectivity index (χ3v) is 2.71. The Morgan fingerprint density at radius 1 is 1.05 bits per heavy atom. The van der Waals surface area contributed by atoms with Crippen molar-refractivity contribution in [2.75, 3.05) is 46.8 Å². The van der Waals surface area contributed by atoms with Gasteiger partial charge in [0.2, 0.25) is 0 Å².